The van der Waals surface area contributed by atoms with Crippen molar-refractivity contribution in [2.24, 2.45) is 0 Å². The third kappa shape index (κ3) is 3.70. The maximum atomic E-state index is 13.0. The number of amides is 1. The fourth-order valence-electron chi connectivity index (χ4n) is 3.55. The van der Waals surface area contributed by atoms with E-state index in [1.807, 2.05) is 46.7 Å². The summed E-state index contributed by atoms with van der Waals surface area (Å²) < 4.78 is 17.2. The van der Waals surface area contributed by atoms with E-state index in [2.05, 4.69) is 15.1 Å². The van der Waals surface area contributed by atoms with Crippen LogP contribution in [-0.2, 0) is 16.1 Å². The molecular formula is C20H20N4O4S. The fourth-order valence-corrected chi connectivity index (χ4v) is 4.20. The maximum Gasteiger partial charge on any atom is 0.265 e. The third-order valence-corrected chi connectivity index (χ3v) is 5.84. The number of ether oxygens (including phenoxy) is 2. The van der Waals surface area contributed by atoms with Crippen molar-refractivity contribution in [2.75, 3.05) is 37.7 Å². The molecule has 0 N–H and O–H groups in total. The Bertz CT molecular complexity index is 984. The highest BCUT2D eigenvalue weighted by molar-refractivity contribution is 7.13. The lowest BCUT2D eigenvalue weighted by Gasteiger charge is -2.37. The molecule has 2 aromatic heterocycles. The number of aromatic nitrogens is 2. The molecule has 0 aliphatic carbocycles. The van der Waals surface area contributed by atoms with Gasteiger partial charge in [-0.3, -0.25) is 4.79 Å². The number of hydrogen-bond acceptors (Lipinski definition) is 8. The van der Waals surface area contributed by atoms with Crippen LogP contribution in [0, 0.1) is 0 Å². The molecule has 9 heteroatoms. The predicted molar refractivity (Wildman–Crippen MR) is 107 cm³/mol. The molecule has 3 aromatic rings. The first kappa shape index (κ1) is 18.1. The van der Waals surface area contributed by atoms with Gasteiger partial charge in [0.05, 0.1) is 36.9 Å². The van der Waals surface area contributed by atoms with Crippen molar-refractivity contribution < 1.29 is 18.7 Å². The summed E-state index contributed by atoms with van der Waals surface area (Å²) in [6, 6.07) is 11.6. The molecule has 1 atom stereocenters. The highest BCUT2D eigenvalue weighted by Gasteiger charge is 2.34. The molecule has 1 amide bonds. The number of fused-ring (bicyclic) bond motifs is 1. The van der Waals surface area contributed by atoms with Gasteiger partial charge in [-0.1, -0.05) is 18.2 Å². The smallest absolute Gasteiger partial charge is 0.265 e. The summed E-state index contributed by atoms with van der Waals surface area (Å²) in [5.74, 6) is 1.68. The highest BCUT2D eigenvalue weighted by atomic mass is 32.1. The van der Waals surface area contributed by atoms with Gasteiger partial charge in [-0.05, 0) is 23.6 Å². The lowest BCUT2D eigenvalue weighted by Crippen LogP contribution is -2.52. The number of rotatable bonds is 4. The van der Waals surface area contributed by atoms with E-state index >= 15 is 0 Å². The summed E-state index contributed by atoms with van der Waals surface area (Å²) in [6.07, 6.45) is -0.581. The van der Waals surface area contributed by atoms with Crippen molar-refractivity contribution in [1.29, 1.82) is 0 Å². The number of para-hydroxylation sites is 2. The van der Waals surface area contributed by atoms with Crippen molar-refractivity contribution in [3.63, 3.8) is 0 Å². The fraction of sp³-hybridized carbons (Fsp3) is 0.350. The SMILES string of the molecule is O=C(C1CN(Cc2nnc(-c3cccs3)o2)c2ccccc2O1)N1CCOCC1. The summed E-state index contributed by atoms with van der Waals surface area (Å²) in [5.41, 5.74) is 0.911. The van der Waals surface area contributed by atoms with Gasteiger partial charge in [0.15, 0.2) is 6.10 Å². The summed E-state index contributed by atoms with van der Waals surface area (Å²) in [7, 11) is 0. The zero-order valence-electron chi connectivity index (χ0n) is 15.7. The van der Waals surface area contributed by atoms with Crippen molar-refractivity contribution in [3.8, 4) is 16.5 Å². The second-order valence-electron chi connectivity index (χ2n) is 6.87. The minimum Gasteiger partial charge on any atom is -0.477 e. The summed E-state index contributed by atoms with van der Waals surface area (Å²) in [5, 5.41) is 10.3. The topological polar surface area (TPSA) is 80.9 Å². The Hall–Kier alpha value is -2.91. The Kier molecular flexibility index (Phi) is 4.91. The van der Waals surface area contributed by atoms with Crippen LogP contribution in [0.3, 0.4) is 0 Å². The first-order valence-corrected chi connectivity index (χ1v) is 10.4. The Morgan fingerprint density at radius 1 is 1.14 bits per heavy atom. The average Bonchev–Trinajstić information content (AvgIpc) is 3.46. The van der Waals surface area contributed by atoms with E-state index in [0.717, 1.165) is 10.6 Å². The van der Waals surface area contributed by atoms with E-state index in [1.54, 1.807) is 11.3 Å². The van der Waals surface area contributed by atoms with E-state index in [1.165, 1.54) is 0 Å². The van der Waals surface area contributed by atoms with Crippen LogP contribution in [-0.4, -0.2) is 60.0 Å². The van der Waals surface area contributed by atoms with E-state index in [9.17, 15) is 4.79 Å². The molecule has 0 bridgehead atoms. The summed E-state index contributed by atoms with van der Waals surface area (Å²) in [4.78, 5) is 17.8. The van der Waals surface area contributed by atoms with Crippen molar-refractivity contribution in [1.82, 2.24) is 15.1 Å². The number of morpholine rings is 1. The van der Waals surface area contributed by atoms with Crippen molar-refractivity contribution in [2.45, 2.75) is 12.6 Å². The van der Waals surface area contributed by atoms with E-state index in [-0.39, 0.29) is 5.91 Å². The van der Waals surface area contributed by atoms with Gasteiger partial charge in [0.1, 0.15) is 5.75 Å². The zero-order chi connectivity index (χ0) is 19.6. The van der Waals surface area contributed by atoms with Gasteiger partial charge < -0.3 is 23.7 Å². The van der Waals surface area contributed by atoms with Gasteiger partial charge in [0.2, 0.25) is 5.89 Å². The number of hydrogen-bond donors (Lipinski definition) is 0. The second kappa shape index (κ2) is 7.84. The lowest BCUT2D eigenvalue weighted by atomic mass is 10.1. The summed E-state index contributed by atoms with van der Waals surface area (Å²) in [6.45, 7) is 3.14. The molecule has 8 nitrogen and oxygen atoms in total. The number of carbonyl (C=O) groups is 1. The first-order valence-electron chi connectivity index (χ1n) is 9.51. The molecule has 150 valence electrons. The standard InChI is InChI=1S/C20H20N4O4S/c25-20(23-7-9-26-10-8-23)16-12-24(14-4-1-2-5-15(14)27-16)13-18-21-22-19(28-18)17-6-3-11-29-17/h1-6,11,16H,7-10,12-13H2. The minimum atomic E-state index is -0.581. The molecule has 29 heavy (non-hydrogen) atoms. The molecule has 1 saturated heterocycles. The molecular weight excluding hydrogens is 392 g/mol. The molecule has 0 radical (unpaired) electrons. The molecule has 1 fully saturated rings. The number of thiophene rings is 1. The van der Waals surface area contributed by atoms with Crippen LogP contribution in [0.1, 0.15) is 5.89 Å². The molecule has 0 saturated carbocycles. The molecule has 1 aromatic carbocycles. The van der Waals surface area contributed by atoms with E-state index in [0.29, 0.717) is 56.9 Å². The van der Waals surface area contributed by atoms with Crippen LogP contribution in [0.5, 0.6) is 5.75 Å². The van der Waals surface area contributed by atoms with Crippen LogP contribution in [0.25, 0.3) is 10.8 Å². The maximum absolute atomic E-state index is 13.0. The normalized spacial score (nSPS) is 19.0. The van der Waals surface area contributed by atoms with Crippen LogP contribution in [0.15, 0.2) is 46.2 Å². The Balaban J connectivity index is 1.37. The van der Waals surface area contributed by atoms with Crippen LogP contribution in [0.4, 0.5) is 5.69 Å². The van der Waals surface area contributed by atoms with Crippen LogP contribution < -0.4 is 9.64 Å². The van der Waals surface area contributed by atoms with E-state index in [4.69, 9.17) is 13.9 Å². The van der Waals surface area contributed by atoms with Crippen LogP contribution in [0.2, 0.25) is 0 Å². The molecule has 2 aliphatic rings. The minimum absolute atomic E-state index is 0.0161. The molecule has 0 spiro atoms. The summed E-state index contributed by atoms with van der Waals surface area (Å²) >= 11 is 1.55. The predicted octanol–water partition coefficient (Wildman–Crippen LogP) is 2.42. The zero-order valence-corrected chi connectivity index (χ0v) is 16.5. The Labute approximate surface area is 171 Å². The number of benzene rings is 1. The Morgan fingerprint density at radius 2 is 2.00 bits per heavy atom. The highest BCUT2D eigenvalue weighted by Crippen LogP contribution is 2.34. The first-order chi connectivity index (χ1) is 14.3. The molecule has 1 unspecified atom stereocenters. The number of nitrogens with zero attached hydrogens (tertiary/aromatic N) is 4. The van der Waals surface area contributed by atoms with Gasteiger partial charge in [0.25, 0.3) is 11.8 Å². The third-order valence-electron chi connectivity index (χ3n) is 4.98. The second-order valence-corrected chi connectivity index (χ2v) is 7.82. The van der Waals surface area contributed by atoms with Crippen LogP contribution >= 0.6 is 11.3 Å². The average molecular weight is 412 g/mol. The number of carbonyl (C=O) groups excluding carboxylic acids is 1. The van der Waals surface area contributed by atoms with Crippen molar-refractivity contribution in [3.05, 3.63) is 47.7 Å². The van der Waals surface area contributed by atoms with E-state index < -0.39 is 6.10 Å². The van der Waals surface area contributed by atoms with Gasteiger partial charge in [0, 0.05) is 13.1 Å². The number of anilines is 1. The van der Waals surface area contributed by atoms with Gasteiger partial charge >= 0.3 is 0 Å². The monoisotopic (exact) mass is 412 g/mol. The van der Waals surface area contributed by atoms with Gasteiger partial charge in [-0.2, -0.15) is 0 Å². The van der Waals surface area contributed by atoms with Gasteiger partial charge in [-0.15, -0.1) is 21.5 Å². The molecule has 4 heterocycles. The van der Waals surface area contributed by atoms with Crippen molar-refractivity contribution >= 4 is 22.9 Å². The Morgan fingerprint density at radius 3 is 2.83 bits per heavy atom. The lowest BCUT2D eigenvalue weighted by molar-refractivity contribution is -0.142. The largest absolute Gasteiger partial charge is 0.477 e. The molecule has 2 aliphatic heterocycles. The molecule has 5 rings (SSSR count). The van der Waals surface area contributed by atoms with Gasteiger partial charge in [-0.25, -0.2) is 0 Å². The quantitative estimate of drug-likeness (QED) is 0.651.